The largest absolute Gasteiger partial charge is 0.491 e. The maximum atomic E-state index is 8.54. The van der Waals surface area contributed by atoms with E-state index in [1.807, 2.05) is 36.4 Å². The lowest BCUT2D eigenvalue weighted by Crippen LogP contribution is -2.01. The van der Waals surface area contributed by atoms with Crippen LogP contribution in [0.2, 0.25) is 0 Å². The van der Waals surface area contributed by atoms with Crippen LogP contribution in [0.1, 0.15) is 0 Å². The van der Waals surface area contributed by atoms with Crippen molar-refractivity contribution in [3.63, 3.8) is 0 Å². The van der Waals surface area contributed by atoms with Gasteiger partial charge in [0.1, 0.15) is 22.1 Å². The monoisotopic (exact) mass is 917 g/mol. The van der Waals surface area contributed by atoms with Gasteiger partial charge in [0, 0.05) is 14.3 Å². The second-order valence-electron chi connectivity index (χ2n) is 4.45. The molecule has 0 aliphatic heterocycles. The van der Waals surface area contributed by atoms with Gasteiger partial charge in [-0.3, -0.25) is 0 Å². The molecule has 0 amide bonds. The highest BCUT2D eigenvalue weighted by atomic mass is 80.0. The third-order valence-corrected chi connectivity index (χ3v) is 5.09. The first-order valence-electron chi connectivity index (χ1n) is 7.31. The molecule has 2 rings (SSSR count). The fourth-order valence-corrected chi connectivity index (χ4v) is 3.04. The molecule has 0 radical (unpaired) electrons. The van der Waals surface area contributed by atoms with Crippen LogP contribution in [-0.4, -0.2) is 30.3 Å². The summed E-state index contributed by atoms with van der Waals surface area (Å²) in [6.07, 6.45) is 0. The van der Waals surface area contributed by atoms with Crippen LogP contribution in [0.25, 0.3) is 0 Å². The van der Waals surface area contributed by atoms with Crippen LogP contribution < -0.4 is 9.47 Å². The zero-order chi connectivity index (χ0) is 21.5. The minimum Gasteiger partial charge on any atom is -0.491 e. The van der Waals surface area contributed by atoms with Crippen LogP contribution in [0, 0.1) is 0 Å². The number of hydrogen-bond donors (Lipinski definition) is 1. The first kappa shape index (κ1) is 30.3. The first-order valence-corrected chi connectivity index (χ1v) is 19.0. The van der Waals surface area contributed by atoms with E-state index in [1.165, 1.54) is 0 Å². The number of aliphatic hydroxyl groups is 1. The average Bonchev–Trinajstić information content (AvgIpc) is 2.63. The maximum Gasteiger partial charge on any atom is 0.134 e. The molecule has 0 heterocycles. The summed E-state index contributed by atoms with van der Waals surface area (Å²) in [6, 6.07) is 11.5. The molecule has 0 atom stereocenters. The Morgan fingerprint density at radius 1 is 0.750 bits per heavy atom. The van der Waals surface area contributed by atoms with E-state index in [9.17, 15) is 0 Å². The molecule has 0 unspecified atom stereocenters. The summed E-state index contributed by atoms with van der Waals surface area (Å²) < 4.78 is 14.3. The number of halogens is 8. The third kappa shape index (κ3) is 16.0. The minimum absolute atomic E-state index is 0.0267. The molecule has 0 saturated heterocycles. The topological polar surface area (TPSA) is 38.7 Å². The maximum absolute atomic E-state index is 8.54. The molecule has 2 aromatic rings. The molecule has 0 aliphatic carbocycles. The summed E-state index contributed by atoms with van der Waals surface area (Å²) in [5.74, 6) is 1.60. The summed E-state index contributed by atoms with van der Waals surface area (Å²) in [6.45, 7) is 1.02. The Hall–Kier alpha value is 2.27. The number of rotatable bonds is 6. The number of ether oxygens (including phenoxy) is 2. The highest BCUT2D eigenvalue weighted by Crippen LogP contribution is 2.59. The molecule has 28 heavy (non-hydrogen) atoms. The van der Waals surface area contributed by atoms with Gasteiger partial charge < -0.3 is 14.6 Å². The smallest absolute Gasteiger partial charge is 0.134 e. The molecule has 12 heteroatoms. The lowest BCUT2D eigenvalue weighted by Gasteiger charge is -2.06. The van der Waals surface area contributed by atoms with E-state index in [0.717, 1.165) is 34.7 Å². The quantitative estimate of drug-likeness (QED) is 0.232. The predicted octanol–water partition coefficient (Wildman–Crippen LogP) is 9.97. The van der Waals surface area contributed by atoms with Crippen molar-refractivity contribution >= 4 is 130 Å². The number of aliphatic hydroxyl groups excluding tert-OH is 1. The molecule has 0 aromatic heterocycles. The molecule has 0 fully saturated rings. The van der Waals surface area contributed by atoms with Crippen molar-refractivity contribution in [3.8, 4) is 11.5 Å². The number of alkyl halides is 1. The summed E-state index contributed by atoms with van der Waals surface area (Å²) >= 11 is 26.2. The van der Waals surface area contributed by atoms with Gasteiger partial charge in [-0.25, -0.2) is 0 Å². The molecule has 0 saturated carbocycles. The van der Waals surface area contributed by atoms with Gasteiger partial charge >= 0.3 is 0 Å². The van der Waals surface area contributed by atoms with Gasteiger partial charge in [-0.15, -0.1) is 0 Å². The summed E-state index contributed by atoms with van der Waals surface area (Å²) in [5.41, 5.74) is 0. The van der Waals surface area contributed by atoms with E-state index in [-0.39, 0.29) is 10.6 Å². The van der Waals surface area contributed by atoms with Gasteiger partial charge in [-0.05, 0) is 115 Å². The van der Waals surface area contributed by atoms with Crippen molar-refractivity contribution in [1.82, 2.24) is 0 Å². The summed E-state index contributed by atoms with van der Waals surface area (Å²) in [7, 11) is 0. The molecular weight excluding hydrogens is 910 g/mol. The van der Waals surface area contributed by atoms with Crippen LogP contribution in [-0.2, 0) is 0 Å². The lowest BCUT2D eigenvalue weighted by molar-refractivity contribution is 0.200. The molecule has 0 bridgehead atoms. The van der Waals surface area contributed by atoms with Gasteiger partial charge in [-0.2, -0.15) is 0 Å². The predicted molar refractivity (Wildman–Crippen MR) is 149 cm³/mol. The molecule has 0 aliphatic rings. The molecule has 158 valence electrons. The number of hydrogen-bond acceptors (Lipinski definition) is 3. The first-order chi connectivity index (χ1) is 13.2. The van der Waals surface area contributed by atoms with Crippen LogP contribution in [0.4, 0.5) is 0 Å². The van der Waals surface area contributed by atoms with E-state index < -0.39 is 0 Å². The average molecular weight is 925 g/mol. The highest BCUT2D eigenvalue weighted by molar-refractivity contribution is 9.93. The van der Waals surface area contributed by atoms with Gasteiger partial charge in [0.2, 0.25) is 0 Å². The Bertz CT molecular complexity index is 633. The Morgan fingerprint density at radius 3 is 1.50 bits per heavy atom. The molecule has 1 N–H and O–H groups in total. The van der Waals surface area contributed by atoms with E-state index in [2.05, 4.69) is 126 Å². The zero-order valence-electron chi connectivity index (χ0n) is 14.0. The zero-order valence-corrected chi connectivity index (χ0v) is 27.6. The van der Waals surface area contributed by atoms with Crippen molar-refractivity contribution in [2.45, 2.75) is 0 Å². The summed E-state index contributed by atoms with van der Waals surface area (Å²) in [5, 5.41) is 9.37. The molecule has 3 nitrogen and oxygen atoms in total. The second kappa shape index (κ2) is 18.8. The molecule has 0 spiro atoms. The van der Waals surface area contributed by atoms with E-state index in [4.69, 9.17) is 14.6 Å². The van der Waals surface area contributed by atoms with Crippen molar-refractivity contribution in [3.05, 3.63) is 54.3 Å². The van der Waals surface area contributed by atoms with Gasteiger partial charge in [0.05, 0.1) is 22.2 Å². The van der Waals surface area contributed by atoms with E-state index >= 15 is 0 Å². The Morgan fingerprint density at radius 2 is 1.14 bits per heavy atom. The van der Waals surface area contributed by atoms with Crippen LogP contribution >= 0.6 is 130 Å². The van der Waals surface area contributed by atoms with Gasteiger partial charge in [0.15, 0.2) is 0 Å². The molecule has 2 aromatic carbocycles. The van der Waals surface area contributed by atoms with Crippen molar-refractivity contribution in [2.24, 2.45) is 0 Å². The fourth-order valence-electron chi connectivity index (χ4n) is 1.48. The minimum atomic E-state index is -0.183. The highest BCUT2D eigenvalue weighted by Gasteiger charge is 2.01. The van der Waals surface area contributed by atoms with Crippen molar-refractivity contribution in [2.75, 3.05) is 25.2 Å². The van der Waals surface area contributed by atoms with Gasteiger partial charge in [-0.1, -0.05) is 47.8 Å². The third-order valence-electron chi connectivity index (χ3n) is 2.47. The number of benzene rings is 2. The van der Waals surface area contributed by atoms with Crippen molar-refractivity contribution < 1.29 is 14.6 Å². The van der Waals surface area contributed by atoms with Crippen LogP contribution in [0.15, 0.2) is 54.3 Å². The second-order valence-corrected chi connectivity index (χ2v) is 24.1. The van der Waals surface area contributed by atoms with Gasteiger partial charge in [0.25, 0.3) is 0 Å². The Balaban J connectivity index is 0.000000439. The normalized spacial score (nSPS) is 9.79. The van der Waals surface area contributed by atoms with Crippen molar-refractivity contribution in [1.29, 1.82) is 0 Å². The standard InChI is InChI=1S/C8H7Br3O.C8H8Br2O2.Br3P/c9-3-4-12-8-5-6(10)1-2-7(8)11;9-6-1-2-7(10)8(5-6)12-4-3-11;1-4(2)3/h1-2,5H,3-4H2;1-2,5,11H,3-4H2;. The Labute approximate surface area is 232 Å². The van der Waals surface area contributed by atoms with E-state index in [0.29, 0.717) is 13.2 Å². The lowest BCUT2D eigenvalue weighted by atomic mass is 10.3. The van der Waals surface area contributed by atoms with Crippen LogP contribution in [0.3, 0.4) is 0 Å². The summed E-state index contributed by atoms with van der Waals surface area (Å²) in [4.78, 5) is 0. The SMILES string of the molecule is BrCCOc1cc(Br)ccc1Br.BrP(Br)Br.OCCOc1cc(Br)ccc1Br. The van der Waals surface area contributed by atoms with Crippen LogP contribution in [0.5, 0.6) is 11.5 Å². The van der Waals surface area contributed by atoms with E-state index in [1.54, 1.807) is 0 Å². The Kier molecular flexibility index (Phi) is 20.3. The molecular formula is C16H15Br8O3P. The fraction of sp³-hybridized carbons (Fsp3) is 0.250.